The Balaban J connectivity index is 1.39. The van der Waals surface area contributed by atoms with E-state index in [0.717, 1.165) is 12.8 Å². The van der Waals surface area contributed by atoms with Gasteiger partial charge in [0.2, 0.25) is 5.91 Å². The van der Waals surface area contributed by atoms with Gasteiger partial charge < -0.3 is 25.5 Å². The van der Waals surface area contributed by atoms with Crippen LogP contribution >= 0.6 is 0 Å². The fraction of sp³-hybridized carbons (Fsp3) is 0.500. The van der Waals surface area contributed by atoms with Gasteiger partial charge in [0.1, 0.15) is 35.6 Å². The van der Waals surface area contributed by atoms with Gasteiger partial charge in [0.15, 0.2) is 0 Å². The van der Waals surface area contributed by atoms with Crippen LogP contribution in [-0.2, 0) is 4.79 Å². The van der Waals surface area contributed by atoms with Crippen molar-refractivity contribution < 1.29 is 32.6 Å². The Morgan fingerprint density at radius 2 is 1.95 bits per heavy atom. The zero-order valence-electron chi connectivity index (χ0n) is 22.2. The highest BCUT2D eigenvalue weighted by molar-refractivity contribution is 6.09. The van der Waals surface area contributed by atoms with Crippen molar-refractivity contribution in [1.29, 1.82) is 0 Å². The highest BCUT2D eigenvalue weighted by Gasteiger charge is 2.34. The molecule has 3 aromatic rings. The molecule has 0 radical (unpaired) electrons. The van der Waals surface area contributed by atoms with Crippen LogP contribution in [0.5, 0.6) is 5.75 Å². The number of aromatic nitrogens is 3. The second-order valence-corrected chi connectivity index (χ2v) is 10.7. The Kier molecular flexibility index (Phi) is 7.97. The summed E-state index contributed by atoms with van der Waals surface area (Å²) in [6.45, 7) is 3.48. The lowest BCUT2D eigenvalue weighted by Crippen LogP contribution is -2.51. The minimum atomic E-state index is -2.69. The number of aryl methyl sites for hydroxylation is 1. The van der Waals surface area contributed by atoms with Crippen molar-refractivity contribution >= 4 is 22.8 Å². The number of halogens is 3. The Morgan fingerprint density at radius 3 is 2.62 bits per heavy atom. The maximum absolute atomic E-state index is 14.8. The fourth-order valence-corrected chi connectivity index (χ4v) is 5.06. The molecule has 4 N–H and O–H groups in total. The molecule has 214 valence electrons. The van der Waals surface area contributed by atoms with E-state index in [1.165, 1.54) is 31.5 Å². The molecule has 4 atom stereocenters. The van der Waals surface area contributed by atoms with Crippen LogP contribution < -0.4 is 15.4 Å². The van der Waals surface area contributed by atoms with Gasteiger partial charge in [-0.05, 0) is 63.6 Å². The molecule has 0 spiro atoms. The summed E-state index contributed by atoms with van der Waals surface area (Å²) in [6, 6.07) is 2.99. The molecule has 40 heavy (non-hydrogen) atoms. The topological polar surface area (TPSA) is 129 Å². The normalized spacial score (nSPS) is 21.8. The molecule has 9 nitrogen and oxygen atoms in total. The Bertz CT molecular complexity index is 1410. The summed E-state index contributed by atoms with van der Waals surface area (Å²) in [4.78, 5) is 36.9. The predicted molar refractivity (Wildman–Crippen MR) is 141 cm³/mol. The molecule has 2 heterocycles. The van der Waals surface area contributed by atoms with Gasteiger partial charge in [0.05, 0.1) is 23.7 Å². The molecule has 12 heteroatoms. The second kappa shape index (κ2) is 11.4. The number of amides is 2. The number of nitrogens with zero attached hydrogens (tertiary/aromatic N) is 2. The highest BCUT2D eigenvalue weighted by atomic mass is 19.3. The maximum Gasteiger partial charge on any atom is 0.263 e. The van der Waals surface area contributed by atoms with Crippen LogP contribution in [0, 0.1) is 12.8 Å². The Labute approximate surface area is 228 Å². The van der Waals surface area contributed by atoms with Gasteiger partial charge in [-0.15, -0.1) is 0 Å². The summed E-state index contributed by atoms with van der Waals surface area (Å²) in [6.07, 6.45) is -1.18. The molecule has 2 aliphatic carbocycles. The molecule has 2 aliphatic rings. The number of aliphatic hydroxyl groups excluding tert-OH is 1. The largest absolute Gasteiger partial charge is 0.493 e. The van der Waals surface area contributed by atoms with Crippen LogP contribution in [0.1, 0.15) is 67.1 Å². The number of nitrogens with one attached hydrogen (secondary N) is 3. The van der Waals surface area contributed by atoms with E-state index in [0.29, 0.717) is 59.1 Å². The standard InChI is InChI=1S/C28H32F3N5O4/c1-13-22(28(39)35-17-6-7-20(19(29)10-17)36-27(38)14(2)37)24-25(34-13)23(32-12-33-24)18-9-16(26(30)31)5-8-21(18)40-11-15-3-4-15/h5,8-9,12,14-15,17,19-20,26,34,37H,3-4,6-7,10-11H2,1-2H3,(H,35,39)(H,36,38)/t14-,17?,19?,20?/m0/s1. The first-order valence-corrected chi connectivity index (χ1v) is 13.4. The van der Waals surface area contributed by atoms with Crippen molar-refractivity contribution in [3.8, 4) is 17.0 Å². The third-order valence-corrected chi connectivity index (χ3v) is 7.50. The van der Waals surface area contributed by atoms with E-state index in [1.54, 1.807) is 6.92 Å². The summed E-state index contributed by atoms with van der Waals surface area (Å²) in [5, 5.41) is 14.8. The number of aliphatic hydroxyl groups is 1. The molecule has 1 aromatic carbocycles. The lowest BCUT2D eigenvalue weighted by molar-refractivity contribution is -0.130. The lowest BCUT2D eigenvalue weighted by atomic mass is 9.89. The van der Waals surface area contributed by atoms with Gasteiger partial charge in [0.25, 0.3) is 12.3 Å². The van der Waals surface area contributed by atoms with E-state index < -0.39 is 42.6 Å². The first-order chi connectivity index (χ1) is 19.1. The molecule has 2 fully saturated rings. The number of carbonyl (C=O) groups excluding carboxylic acids is 2. The van der Waals surface area contributed by atoms with Crippen LogP contribution in [-0.4, -0.2) is 62.8 Å². The average Bonchev–Trinajstić information content (AvgIpc) is 3.68. The predicted octanol–water partition coefficient (Wildman–Crippen LogP) is 4.15. The number of carbonyl (C=O) groups is 2. The molecular formula is C28H32F3N5O4. The zero-order chi connectivity index (χ0) is 28.6. The minimum absolute atomic E-state index is 0.000245. The smallest absolute Gasteiger partial charge is 0.263 e. The quantitative estimate of drug-likeness (QED) is 0.312. The van der Waals surface area contributed by atoms with Crippen LogP contribution in [0.3, 0.4) is 0 Å². The Hall–Kier alpha value is -3.67. The summed E-state index contributed by atoms with van der Waals surface area (Å²) < 4.78 is 47.9. The molecule has 0 bridgehead atoms. The highest BCUT2D eigenvalue weighted by Crippen LogP contribution is 2.38. The van der Waals surface area contributed by atoms with Gasteiger partial charge >= 0.3 is 0 Å². The van der Waals surface area contributed by atoms with Gasteiger partial charge in [-0.25, -0.2) is 23.1 Å². The number of alkyl halides is 3. The van der Waals surface area contributed by atoms with Gasteiger partial charge in [-0.3, -0.25) is 9.59 Å². The summed E-state index contributed by atoms with van der Waals surface area (Å²) >= 11 is 0. The van der Waals surface area contributed by atoms with Crippen molar-refractivity contribution in [1.82, 2.24) is 25.6 Å². The number of ether oxygens (including phenoxy) is 1. The van der Waals surface area contributed by atoms with Crippen LogP contribution in [0.4, 0.5) is 13.2 Å². The van der Waals surface area contributed by atoms with E-state index in [-0.39, 0.29) is 17.5 Å². The number of fused-ring (bicyclic) bond motifs is 1. The third-order valence-electron chi connectivity index (χ3n) is 7.50. The molecule has 5 rings (SSSR count). The number of aromatic amines is 1. The monoisotopic (exact) mass is 559 g/mol. The van der Waals surface area contributed by atoms with E-state index in [2.05, 4.69) is 25.6 Å². The molecule has 0 saturated heterocycles. The fourth-order valence-electron chi connectivity index (χ4n) is 5.06. The third kappa shape index (κ3) is 5.91. The summed E-state index contributed by atoms with van der Waals surface area (Å²) in [7, 11) is 0. The van der Waals surface area contributed by atoms with Gasteiger partial charge in [-0.1, -0.05) is 0 Å². The number of H-pyrrole nitrogens is 1. The van der Waals surface area contributed by atoms with Crippen molar-refractivity contribution in [2.75, 3.05) is 6.61 Å². The van der Waals surface area contributed by atoms with Crippen LogP contribution in [0.25, 0.3) is 22.3 Å². The molecular weight excluding hydrogens is 527 g/mol. The van der Waals surface area contributed by atoms with Crippen molar-refractivity contribution in [3.63, 3.8) is 0 Å². The molecule has 3 unspecified atom stereocenters. The second-order valence-electron chi connectivity index (χ2n) is 10.7. The summed E-state index contributed by atoms with van der Waals surface area (Å²) in [5.41, 5.74) is 1.99. The Morgan fingerprint density at radius 1 is 1.18 bits per heavy atom. The number of hydrogen-bond donors (Lipinski definition) is 4. The van der Waals surface area contributed by atoms with Crippen molar-refractivity contribution in [2.45, 2.75) is 76.7 Å². The van der Waals surface area contributed by atoms with Crippen LogP contribution in [0.15, 0.2) is 24.5 Å². The molecule has 0 aliphatic heterocycles. The van der Waals surface area contributed by atoms with E-state index in [1.807, 2.05) is 0 Å². The maximum atomic E-state index is 14.8. The first-order valence-electron chi connectivity index (χ1n) is 13.4. The minimum Gasteiger partial charge on any atom is -0.493 e. The van der Waals surface area contributed by atoms with E-state index >= 15 is 0 Å². The zero-order valence-corrected chi connectivity index (χ0v) is 22.2. The lowest BCUT2D eigenvalue weighted by Gasteiger charge is -2.32. The van der Waals surface area contributed by atoms with Crippen molar-refractivity contribution in [2.24, 2.45) is 5.92 Å². The SMILES string of the molecule is Cc1[nH]c2c(-c3cc(C(F)F)ccc3OCC3CC3)ncnc2c1C(=O)NC1CCC(NC(=O)[C@H](C)O)C(F)C1. The number of hydrogen-bond acceptors (Lipinski definition) is 6. The summed E-state index contributed by atoms with van der Waals surface area (Å²) in [5.74, 6) is -0.226. The van der Waals surface area contributed by atoms with Gasteiger partial charge in [-0.2, -0.15) is 0 Å². The number of benzene rings is 1. The molecule has 2 amide bonds. The van der Waals surface area contributed by atoms with Crippen molar-refractivity contribution in [3.05, 3.63) is 41.3 Å². The molecule has 2 aromatic heterocycles. The van der Waals surface area contributed by atoms with Gasteiger partial charge in [0, 0.05) is 29.3 Å². The van der Waals surface area contributed by atoms with Crippen LogP contribution in [0.2, 0.25) is 0 Å². The average molecular weight is 560 g/mol. The first kappa shape index (κ1) is 27.9. The van der Waals surface area contributed by atoms with E-state index in [9.17, 15) is 27.9 Å². The van der Waals surface area contributed by atoms with E-state index in [4.69, 9.17) is 4.74 Å². The molecule has 2 saturated carbocycles. The number of rotatable bonds is 9.